The van der Waals surface area contributed by atoms with Crippen LogP contribution in [0.15, 0.2) is 0 Å². The first kappa shape index (κ1) is 18.1. The minimum absolute atomic E-state index is 0.139. The molecule has 4 nitrogen and oxygen atoms in total. The van der Waals surface area contributed by atoms with Crippen LogP contribution < -0.4 is 5.73 Å². The van der Waals surface area contributed by atoms with E-state index >= 15 is 0 Å². The average molecular weight is 279 g/mol. The maximum absolute atomic E-state index is 12.9. The molecule has 0 aliphatic heterocycles. The second kappa shape index (κ2) is 11.0. The van der Waals surface area contributed by atoms with E-state index in [0.29, 0.717) is 19.3 Å². The van der Waals surface area contributed by atoms with Crippen molar-refractivity contribution in [3.05, 3.63) is 0 Å². The number of hydrogen-bond acceptors (Lipinski definition) is 4. The number of aliphatic hydroxyl groups excluding tert-OH is 1. The summed E-state index contributed by atoms with van der Waals surface area (Å²) in [6.45, 7) is 5.28. The van der Waals surface area contributed by atoms with Crippen molar-refractivity contribution in [3.63, 3.8) is 0 Å². The highest BCUT2D eigenvalue weighted by atomic mass is 31.2. The van der Waals surface area contributed by atoms with Gasteiger partial charge in [0.2, 0.25) is 7.37 Å². The number of nitrogens with two attached hydrogens (primary N) is 1. The maximum Gasteiger partial charge on any atom is 0.206 e. The Kier molecular flexibility index (Phi) is 11.0. The molecule has 0 aliphatic carbocycles. The normalized spacial score (nSPS) is 16.4. The Morgan fingerprint density at radius 1 is 1.22 bits per heavy atom. The minimum Gasteiger partial charge on any atom is -0.396 e. The molecular formula is C13H30NO3P. The quantitative estimate of drug-likeness (QED) is 0.425. The highest BCUT2D eigenvalue weighted by Gasteiger charge is 2.32. The zero-order valence-corrected chi connectivity index (χ0v) is 12.8. The van der Waals surface area contributed by atoms with Crippen LogP contribution >= 0.6 is 7.37 Å². The van der Waals surface area contributed by atoms with Crippen molar-refractivity contribution in [2.24, 2.45) is 5.73 Å². The summed E-state index contributed by atoms with van der Waals surface area (Å²) in [4.78, 5) is 0. The molecule has 0 saturated heterocycles. The van der Waals surface area contributed by atoms with Crippen molar-refractivity contribution in [1.82, 2.24) is 0 Å². The van der Waals surface area contributed by atoms with Crippen molar-refractivity contribution in [2.75, 3.05) is 25.9 Å². The van der Waals surface area contributed by atoms with Gasteiger partial charge in [0.1, 0.15) is 0 Å². The fraction of sp³-hybridized carbons (Fsp3) is 1.00. The van der Waals surface area contributed by atoms with Gasteiger partial charge in [-0.3, -0.25) is 4.57 Å². The molecule has 0 aromatic rings. The Bertz CT molecular complexity index is 236. The van der Waals surface area contributed by atoms with Crippen LogP contribution in [0.5, 0.6) is 0 Å². The number of unbranched alkanes of at least 4 members (excludes halogenated alkanes) is 1. The molecule has 3 N–H and O–H groups in total. The molecule has 0 radical (unpaired) electrons. The van der Waals surface area contributed by atoms with Gasteiger partial charge in [0.15, 0.2) is 0 Å². The van der Waals surface area contributed by atoms with Gasteiger partial charge in [0.25, 0.3) is 0 Å². The fourth-order valence-corrected chi connectivity index (χ4v) is 5.24. The monoisotopic (exact) mass is 279 g/mol. The lowest BCUT2D eigenvalue weighted by molar-refractivity contribution is 0.279. The molecule has 18 heavy (non-hydrogen) atoms. The second-order valence-electron chi connectivity index (χ2n) is 4.67. The van der Waals surface area contributed by atoms with E-state index in [4.69, 9.17) is 15.4 Å². The van der Waals surface area contributed by atoms with Crippen molar-refractivity contribution < 1.29 is 14.2 Å². The molecular weight excluding hydrogens is 249 g/mol. The van der Waals surface area contributed by atoms with E-state index in [0.717, 1.165) is 38.5 Å². The zero-order chi connectivity index (χ0) is 13.9. The standard InChI is InChI=1S/C13H30NO3P/c1-3-8-13(9-5-6-11-15)18(16,17-4-2)12-7-10-14/h13,15H,3-12,14H2,1-2H3. The van der Waals surface area contributed by atoms with Crippen LogP contribution in [0.4, 0.5) is 0 Å². The van der Waals surface area contributed by atoms with E-state index in [1.165, 1.54) is 0 Å². The molecule has 0 fully saturated rings. The van der Waals surface area contributed by atoms with Gasteiger partial charge in [-0.05, 0) is 39.2 Å². The Morgan fingerprint density at radius 3 is 2.44 bits per heavy atom. The van der Waals surface area contributed by atoms with Crippen molar-refractivity contribution in [1.29, 1.82) is 0 Å². The minimum atomic E-state index is -2.56. The Labute approximate surface area is 112 Å². The van der Waals surface area contributed by atoms with Crippen LogP contribution in [0.1, 0.15) is 52.4 Å². The van der Waals surface area contributed by atoms with Crippen molar-refractivity contribution >= 4 is 7.37 Å². The third kappa shape index (κ3) is 6.89. The Hall–Kier alpha value is 0.110. The predicted molar refractivity (Wildman–Crippen MR) is 77.4 cm³/mol. The summed E-state index contributed by atoms with van der Waals surface area (Å²) in [7, 11) is -2.56. The predicted octanol–water partition coefficient (Wildman–Crippen LogP) is 2.98. The van der Waals surface area contributed by atoms with Crippen LogP contribution in [0, 0.1) is 0 Å². The van der Waals surface area contributed by atoms with E-state index in [2.05, 4.69) is 6.92 Å². The molecule has 0 heterocycles. The zero-order valence-electron chi connectivity index (χ0n) is 11.9. The van der Waals surface area contributed by atoms with Gasteiger partial charge in [-0.15, -0.1) is 0 Å². The highest BCUT2D eigenvalue weighted by Crippen LogP contribution is 2.55. The molecule has 0 amide bonds. The molecule has 0 aromatic carbocycles. The topological polar surface area (TPSA) is 72.5 Å². The van der Waals surface area contributed by atoms with Gasteiger partial charge in [-0.25, -0.2) is 0 Å². The lowest BCUT2D eigenvalue weighted by Gasteiger charge is -2.27. The Morgan fingerprint density at radius 2 is 1.94 bits per heavy atom. The summed E-state index contributed by atoms with van der Waals surface area (Å²) < 4.78 is 18.5. The first-order valence-electron chi connectivity index (χ1n) is 7.18. The highest BCUT2D eigenvalue weighted by molar-refractivity contribution is 7.59. The SMILES string of the molecule is CCCC(CCCCO)P(=O)(CCCN)OCC. The molecule has 2 unspecified atom stereocenters. The Balaban J connectivity index is 4.57. The summed E-state index contributed by atoms with van der Waals surface area (Å²) in [6, 6.07) is 0. The van der Waals surface area contributed by atoms with Gasteiger partial charge in [0.05, 0.1) is 6.61 Å². The van der Waals surface area contributed by atoms with Gasteiger partial charge < -0.3 is 15.4 Å². The molecule has 0 bridgehead atoms. The molecule has 5 heteroatoms. The van der Waals surface area contributed by atoms with Crippen molar-refractivity contribution in [3.8, 4) is 0 Å². The lowest BCUT2D eigenvalue weighted by atomic mass is 10.1. The van der Waals surface area contributed by atoms with Crippen LogP contribution in [0.2, 0.25) is 0 Å². The van der Waals surface area contributed by atoms with Crippen LogP contribution in [-0.2, 0) is 9.09 Å². The van der Waals surface area contributed by atoms with E-state index in [-0.39, 0.29) is 12.3 Å². The van der Waals surface area contributed by atoms with Crippen LogP contribution in [0.3, 0.4) is 0 Å². The summed E-state index contributed by atoms with van der Waals surface area (Å²) in [5.74, 6) is 0. The maximum atomic E-state index is 12.9. The smallest absolute Gasteiger partial charge is 0.206 e. The molecule has 110 valence electrons. The van der Waals surface area contributed by atoms with Gasteiger partial charge in [0, 0.05) is 18.4 Å². The second-order valence-corrected chi connectivity index (χ2v) is 7.56. The third-order valence-electron chi connectivity index (χ3n) is 3.15. The average Bonchev–Trinajstić information content (AvgIpc) is 2.36. The summed E-state index contributed by atoms with van der Waals surface area (Å²) in [5, 5.41) is 8.84. The van der Waals surface area contributed by atoms with Gasteiger partial charge >= 0.3 is 0 Å². The van der Waals surface area contributed by atoms with Crippen LogP contribution in [-0.4, -0.2) is 36.7 Å². The van der Waals surface area contributed by atoms with E-state index < -0.39 is 7.37 Å². The fourth-order valence-electron chi connectivity index (χ4n) is 2.25. The summed E-state index contributed by atoms with van der Waals surface area (Å²) in [6.07, 6.45) is 5.90. The van der Waals surface area contributed by atoms with Gasteiger partial charge in [-0.2, -0.15) is 0 Å². The summed E-state index contributed by atoms with van der Waals surface area (Å²) in [5.41, 5.74) is 5.66. The number of hydrogen-bond donors (Lipinski definition) is 2. The van der Waals surface area contributed by atoms with Crippen molar-refractivity contribution in [2.45, 2.75) is 58.0 Å². The molecule has 0 spiro atoms. The van der Waals surface area contributed by atoms with E-state index in [9.17, 15) is 4.57 Å². The van der Waals surface area contributed by atoms with E-state index in [1.807, 2.05) is 6.92 Å². The molecule has 0 saturated carbocycles. The number of rotatable bonds is 12. The molecule has 0 aromatic heterocycles. The molecule has 0 rings (SSSR count). The van der Waals surface area contributed by atoms with Crippen LogP contribution in [0.25, 0.3) is 0 Å². The largest absolute Gasteiger partial charge is 0.396 e. The molecule has 2 atom stereocenters. The van der Waals surface area contributed by atoms with Gasteiger partial charge in [-0.1, -0.05) is 19.8 Å². The molecule has 0 aliphatic rings. The first-order valence-corrected chi connectivity index (χ1v) is 9.06. The first-order chi connectivity index (χ1) is 8.64. The number of aliphatic hydroxyl groups is 1. The van der Waals surface area contributed by atoms with E-state index in [1.54, 1.807) is 0 Å². The third-order valence-corrected chi connectivity index (χ3v) is 6.41. The summed E-state index contributed by atoms with van der Waals surface area (Å²) >= 11 is 0. The lowest BCUT2D eigenvalue weighted by Crippen LogP contribution is -2.16.